The van der Waals surface area contributed by atoms with E-state index in [2.05, 4.69) is 25.9 Å². The second-order valence-corrected chi connectivity index (χ2v) is 5.16. The molecule has 1 saturated heterocycles. The predicted molar refractivity (Wildman–Crippen MR) is 66.0 cm³/mol. The third kappa shape index (κ3) is 2.06. The molecule has 1 aromatic heterocycles. The van der Waals surface area contributed by atoms with E-state index in [0.29, 0.717) is 11.6 Å². The number of nitrogens with zero attached hydrogens (tertiary/aromatic N) is 2. The summed E-state index contributed by atoms with van der Waals surface area (Å²) >= 11 is 3.36. The van der Waals surface area contributed by atoms with E-state index >= 15 is 0 Å². The van der Waals surface area contributed by atoms with Crippen molar-refractivity contribution in [1.82, 2.24) is 9.97 Å². The van der Waals surface area contributed by atoms with Gasteiger partial charge in [0.2, 0.25) is 0 Å². The number of anilines is 1. The third-order valence-electron chi connectivity index (χ3n) is 2.98. The summed E-state index contributed by atoms with van der Waals surface area (Å²) in [6, 6.07) is 0. The molecule has 1 atom stereocenters. The van der Waals surface area contributed by atoms with Crippen LogP contribution in [0.25, 0.3) is 0 Å². The van der Waals surface area contributed by atoms with E-state index in [1.54, 1.807) is 0 Å². The van der Waals surface area contributed by atoms with Gasteiger partial charge in [0, 0.05) is 6.61 Å². The highest BCUT2D eigenvalue weighted by atomic mass is 79.9. The Morgan fingerprint density at radius 3 is 2.69 bits per heavy atom. The first-order valence-corrected chi connectivity index (χ1v) is 6.26. The van der Waals surface area contributed by atoms with Crippen molar-refractivity contribution in [1.29, 1.82) is 0 Å². The maximum atomic E-state index is 5.83. The van der Waals surface area contributed by atoms with Crippen LogP contribution < -0.4 is 5.73 Å². The van der Waals surface area contributed by atoms with E-state index in [1.807, 2.05) is 13.8 Å². The van der Waals surface area contributed by atoms with Crippen molar-refractivity contribution in [3.8, 4) is 0 Å². The molecule has 0 spiro atoms. The minimum absolute atomic E-state index is 0.377. The molecule has 0 aromatic carbocycles. The summed E-state index contributed by atoms with van der Waals surface area (Å²) in [5, 5.41) is 0. The van der Waals surface area contributed by atoms with Crippen molar-refractivity contribution >= 4 is 21.7 Å². The number of rotatable bonds is 1. The van der Waals surface area contributed by atoms with Crippen molar-refractivity contribution in [2.75, 3.05) is 12.3 Å². The van der Waals surface area contributed by atoms with E-state index in [9.17, 15) is 0 Å². The molecule has 0 bridgehead atoms. The summed E-state index contributed by atoms with van der Waals surface area (Å²) in [7, 11) is 0. The topological polar surface area (TPSA) is 61.0 Å². The normalized spacial score (nSPS) is 25.7. The van der Waals surface area contributed by atoms with Crippen molar-refractivity contribution < 1.29 is 4.74 Å². The Balaban J connectivity index is 2.39. The number of hydrogen-bond donors (Lipinski definition) is 1. The van der Waals surface area contributed by atoms with Gasteiger partial charge < -0.3 is 10.5 Å². The van der Waals surface area contributed by atoms with Crippen molar-refractivity contribution in [2.45, 2.75) is 38.7 Å². The zero-order valence-electron chi connectivity index (χ0n) is 9.59. The number of hydrogen-bond acceptors (Lipinski definition) is 4. The van der Waals surface area contributed by atoms with Gasteiger partial charge in [-0.3, -0.25) is 0 Å². The van der Waals surface area contributed by atoms with E-state index in [1.165, 1.54) is 0 Å². The lowest BCUT2D eigenvalue weighted by molar-refractivity contribution is -0.0760. The second kappa shape index (κ2) is 4.30. The largest absolute Gasteiger partial charge is 0.383 e. The standard InChI is InChI=1S/C11H16BrN3O/c1-7-8(12)9(13)15-10(14-7)11(2)5-3-4-6-16-11/h3-6H2,1-2H3,(H2,13,14,15). The first kappa shape index (κ1) is 11.8. The number of ether oxygens (including phenoxy) is 1. The fourth-order valence-electron chi connectivity index (χ4n) is 1.93. The average molecular weight is 286 g/mol. The molecule has 0 saturated carbocycles. The molecule has 0 radical (unpaired) electrons. The zero-order valence-corrected chi connectivity index (χ0v) is 11.2. The molecule has 1 aromatic rings. The van der Waals surface area contributed by atoms with Gasteiger partial charge in [-0.15, -0.1) is 0 Å². The molecule has 4 nitrogen and oxygen atoms in total. The highest BCUT2D eigenvalue weighted by Crippen LogP contribution is 2.34. The molecule has 2 heterocycles. The summed E-state index contributed by atoms with van der Waals surface area (Å²) in [6.45, 7) is 4.72. The molecule has 88 valence electrons. The maximum absolute atomic E-state index is 5.83. The molecule has 5 heteroatoms. The summed E-state index contributed by atoms with van der Waals surface area (Å²) < 4.78 is 6.58. The Hall–Kier alpha value is -0.680. The second-order valence-electron chi connectivity index (χ2n) is 4.37. The quantitative estimate of drug-likeness (QED) is 0.861. The molecule has 16 heavy (non-hydrogen) atoms. The number of nitrogens with two attached hydrogens (primary N) is 1. The Kier molecular flexibility index (Phi) is 3.17. The van der Waals surface area contributed by atoms with Crippen LogP contribution in [0.1, 0.15) is 37.7 Å². The predicted octanol–water partition coefficient (Wildman–Crippen LogP) is 2.55. The van der Waals surface area contributed by atoms with Crippen LogP contribution in [-0.2, 0) is 10.3 Å². The number of aryl methyl sites for hydroxylation is 1. The summed E-state index contributed by atoms with van der Waals surface area (Å²) in [6.07, 6.45) is 3.21. The number of aromatic nitrogens is 2. The minimum atomic E-state index is -0.377. The minimum Gasteiger partial charge on any atom is -0.383 e. The third-order valence-corrected chi connectivity index (χ3v) is 3.96. The van der Waals surface area contributed by atoms with Crippen LogP contribution in [0.4, 0.5) is 5.82 Å². The van der Waals surface area contributed by atoms with Gasteiger partial charge in [0.25, 0.3) is 0 Å². The fraction of sp³-hybridized carbons (Fsp3) is 0.636. The lowest BCUT2D eigenvalue weighted by atomic mass is 9.95. The van der Waals surface area contributed by atoms with Gasteiger partial charge in [-0.2, -0.15) is 0 Å². The lowest BCUT2D eigenvalue weighted by Crippen LogP contribution is -2.32. The molecular formula is C11H16BrN3O. The average Bonchev–Trinajstić information content (AvgIpc) is 2.26. The number of halogens is 1. The molecule has 1 aliphatic rings. The maximum Gasteiger partial charge on any atom is 0.162 e. The van der Waals surface area contributed by atoms with Crippen LogP contribution in [0.3, 0.4) is 0 Å². The van der Waals surface area contributed by atoms with Crippen molar-refractivity contribution in [2.24, 2.45) is 0 Å². The Morgan fingerprint density at radius 1 is 1.38 bits per heavy atom. The lowest BCUT2D eigenvalue weighted by Gasteiger charge is -2.32. The van der Waals surface area contributed by atoms with Gasteiger partial charge in [0.05, 0.1) is 10.2 Å². The van der Waals surface area contributed by atoms with Crippen LogP contribution in [0.15, 0.2) is 4.47 Å². The van der Waals surface area contributed by atoms with E-state index in [-0.39, 0.29) is 5.60 Å². The number of nitrogen functional groups attached to an aromatic ring is 1. The highest BCUT2D eigenvalue weighted by molar-refractivity contribution is 9.10. The molecule has 1 fully saturated rings. The van der Waals surface area contributed by atoms with Crippen LogP contribution >= 0.6 is 15.9 Å². The van der Waals surface area contributed by atoms with Gasteiger partial charge in [-0.25, -0.2) is 9.97 Å². The van der Waals surface area contributed by atoms with E-state index in [4.69, 9.17) is 10.5 Å². The van der Waals surface area contributed by atoms with E-state index < -0.39 is 0 Å². The molecular weight excluding hydrogens is 270 g/mol. The smallest absolute Gasteiger partial charge is 0.162 e. The van der Waals surface area contributed by atoms with Crippen LogP contribution in [0.2, 0.25) is 0 Å². The first-order valence-electron chi connectivity index (χ1n) is 5.47. The zero-order chi connectivity index (χ0) is 11.8. The summed E-state index contributed by atoms with van der Waals surface area (Å²) in [4.78, 5) is 8.79. The monoisotopic (exact) mass is 285 g/mol. The van der Waals surface area contributed by atoms with Crippen LogP contribution in [0.5, 0.6) is 0 Å². The Morgan fingerprint density at radius 2 is 2.12 bits per heavy atom. The van der Waals surface area contributed by atoms with Crippen LogP contribution in [-0.4, -0.2) is 16.6 Å². The summed E-state index contributed by atoms with van der Waals surface area (Å²) in [5.41, 5.74) is 6.32. The van der Waals surface area contributed by atoms with Crippen molar-refractivity contribution in [3.05, 3.63) is 16.0 Å². The highest BCUT2D eigenvalue weighted by Gasteiger charge is 2.33. The fourth-order valence-corrected chi connectivity index (χ4v) is 2.11. The SMILES string of the molecule is Cc1nc(C2(C)CCCCO2)nc(N)c1Br. The van der Waals surface area contributed by atoms with Gasteiger partial charge in [0.15, 0.2) is 5.82 Å². The van der Waals surface area contributed by atoms with Gasteiger partial charge in [-0.05, 0) is 49.0 Å². The van der Waals surface area contributed by atoms with Gasteiger partial charge in [0.1, 0.15) is 11.4 Å². The molecule has 1 aliphatic heterocycles. The van der Waals surface area contributed by atoms with Gasteiger partial charge >= 0.3 is 0 Å². The van der Waals surface area contributed by atoms with Crippen molar-refractivity contribution in [3.63, 3.8) is 0 Å². The molecule has 0 amide bonds. The van der Waals surface area contributed by atoms with Crippen LogP contribution in [0, 0.1) is 6.92 Å². The summed E-state index contributed by atoms with van der Waals surface area (Å²) in [5.74, 6) is 1.18. The Labute approximate surface area is 104 Å². The first-order chi connectivity index (χ1) is 7.53. The van der Waals surface area contributed by atoms with E-state index in [0.717, 1.165) is 36.0 Å². The molecule has 2 rings (SSSR count). The molecule has 1 unspecified atom stereocenters. The molecule has 0 aliphatic carbocycles. The Bertz CT molecular complexity index is 379. The molecule has 2 N–H and O–H groups in total. The van der Waals surface area contributed by atoms with Gasteiger partial charge in [-0.1, -0.05) is 0 Å².